The first kappa shape index (κ1) is 20.4. The highest BCUT2D eigenvalue weighted by Crippen LogP contribution is 2.21. The van der Waals surface area contributed by atoms with E-state index in [1.807, 2.05) is 6.92 Å². The quantitative estimate of drug-likeness (QED) is 0.752. The van der Waals surface area contributed by atoms with E-state index in [4.69, 9.17) is 16.3 Å². The van der Waals surface area contributed by atoms with Crippen LogP contribution in [-0.4, -0.2) is 34.1 Å². The number of carbonyl (C=O) groups is 1. The summed E-state index contributed by atoms with van der Waals surface area (Å²) in [6, 6.07) is 10.6. The molecule has 0 saturated carbocycles. The highest BCUT2D eigenvalue weighted by Gasteiger charge is 2.18. The molecule has 26 heavy (non-hydrogen) atoms. The third-order valence-electron chi connectivity index (χ3n) is 3.65. The molecule has 0 aliphatic heterocycles. The maximum absolute atomic E-state index is 12.4. The van der Waals surface area contributed by atoms with Gasteiger partial charge in [0, 0.05) is 29.4 Å². The number of rotatable bonds is 7. The molecule has 0 fully saturated rings. The number of hydrogen-bond acceptors (Lipinski definition) is 4. The van der Waals surface area contributed by atoms with Gasteiger partial charge in [0.05, 0.1) is 11.5 Å². The summed E-state index contributed by atoms with van der Waals surface area (Å²) in [7, 11) is -2.17. The average molecular weight is 397 g/mol. The summed E-state index contributed by atoms with van der Waals surface area (Å²) < 4.78 is 32.0. The van der Waals surface area contributed by atoms with Crippen LogP contribution in [0.4, 0.5) is 5.69 Å². The fraction of sp³-hybridized carbons (Fsp3) is 0.278. The second-order valence-corrected chi connectivity index (χ2v) is 8.07. The lowest BCUT2D eigenvalue weighted by Gasteiger charge is -2.13. The van der Waals surface area contributed by atoms with Crippen LogP contribution in [0.15, 0.2) is 47.4 Å². The molecule has 0 aliphatic rings. The number of hydrogen-bond donors (Lipinski definition) is 2. The summed E-state index contributed by atoms with van der Waals surface area (Å²) >= 11 is 5.95. The Labute approximate surface area is 158 Å². The van der Waals surface area contributed by atoms with Gasteiger partial charge in [0.2, 0.25) is 10.0 Å². The highest BCUT2D eigenvalue weighted by molar-refractivity contribution is 7.89. The van der Waals surface area contributed by atoms with E-state index in [0.29, 0.717) is 16.3 Å². The maximum Gasteiger partial charge on any atom is 0.255 e. The number of carbonyl (C=O) groups excluding carboxylic acids is 1. The zero-order valence-electron chi connectivity index (χ0n) is 14.7. The number of nitrogens with one attached hydrogen (secondary N) is 2. The summed E-state index contributed by atoms with van der Waals surface area (Å²) in [4.78, 5) is 12.4. The fourth-order valence-electron chi connectivity index (χ4n) is 2.33. The van der Waals surface area contributed by atoms with Crippen LogP contribution in [0.25, 0.3) is 0 Å². The number of amides is 1. The monoisotopic (exact) mass is 396 g/mol. The molecule has 0 saturated heterocycles. The minimum atomic E-state index is -3.67. The van der Waals surface area contributed by atoms with E-state index >= 15 is 0 Å². The summed E-state index contributed by atoms with van der Waals surface area (Å²) in [5.74, 6) is -0.347. The van der Waals surface area contributed by atoms with Crippen LogP contribution in [0.5, 0.6) is 0 Å². The molecule has 6 nitrogen and oxygen atoms in total. The minimum Gasteiger partial charge on any atom is -0.383 e. The van der Waals surface area contributed by atoms with Crippen molar-refractivity contribution in [1.29, 1.82) is 0 Å². The van der Waals surface area contributed by atoms with Gasteiger partial charge in [-0.1, -0.05) is 17.7 Å². The van der Waals surface area contributed by atoms with E-state index in [9.17, 15) is 13.2 Å². The lowest BCUT2D eigenvalue weighted by molar-refractivity contribution is 0.102. The fourth-order valence-corrected chi connectivity index (χ4v) is 3.73. The molecule has 2 N–H and O–H groups in total. The van der Waals surface area contributed by atoms with Crippen LogP contribution in [0.3, 0.4) is 0 Å². The largest absolute Gasteiger partial charge is 0.383 e. The first-order valence-corrected chi connectivity index (χ1v) is 9.78. The zero-order valence-corrected chi connectivity index (χ0v) is 16.3. The molecule has 2 rings (SSSR count). The van der Waals surface area contributed by atoms with Gasteiger partial charge in [0.15, 0.2) is 0 Å². The van der Waals surface area contributed by atoms with Gasteiger partial charge in [-0.15, -0.1) is 0 Å². The van der Waals surface area contributed by atoms with E-state index in [2.05, 4.69) is 10.0 Å². The van der Waals surface area contributed by atoms with E-state index in [1.54, 1.807) is 25.1 Å². The van der Waals surface area contributed by atoms with Crippen molar-refractivity contribution >= 4 is 33.2 Å². The van der Waals surface area contributed by atoms with Crippen molar-refractivity contribution in [2.75, 3.05) is 19.0 Å². The van der Waals surface area contributed by atoms with Crippen LogP contribution >= 0.6 is 11.6 Å². The maximum atomic E-state index is 12.4. The molecule has 0 bridgehead atoms. The Morgan fingerprint density at radius 2 is 1.85 bits per heavy atom. The number of aryl methyl sites for hydroxylation is 1. The summed E-state index contributed by atoms with van der Waals surface area (Å²) in [6.07, 6.45) is 0. The lowest BCUT2D eigenvalue weighted by atomic mass is 10.1. The number of halogens is 1. The number of benzene rings is 2. The Balaban J connectivity index is 2.13. The molecule has 140 valence electrons. The molecule has 2 aromatic carbocycles. The summed E-state index contributed by atoms with van der Waals surface area (Å²) in [5, 5.41) is 3.29. The predicted molar refractivity (Wildman–Crippen MR) is 102 cm³/mol. The molecular weight excluding hydrogens is 376 g/mol. The van der Waals surface area contributed by atoms with Gasteiger partial charge in [0.25, 0.3) is 5.91 Å². The van der Waals surface area contributed by atoms with Gasteiger partial charge in [-0.05, 0) is 55.8 Å². The molecule has 0 spiro atoms. The Bertz CT molecular complexity index is 883. The first-order chi connectivity index (χ1) is 12.2. The third-order valence-corrected chi connectivity index (χ3v) is 5.49. The molecule has 2 aromatic rings. The molecule has 0 unspecified atom stereocenters. The zero-order chi connectivity index (χ0) is 19.3. The third kappa shape index (κ3) is 5.28. The molecule has 8 heteroatoms. The average Bonchev–Trinajstić information content (AvgIpc) is 2.58. The number of anilines is 1. The standard InChI is InChI=1S/C18H21ClN2O4S/c1-12-4-7-15(19)10-17(12)20-18(22)14-5-8-16(9-6-14)26(23,24)21-13(2)11-25-3/h4-10,13,21H,11H2,1-3H3,(H,20,22)/t13-/m0/s1. The van der Waals surface area contributed by atoms with Gasteiger partial charge >= 0.3 is 0 Å². The molecule has 0 radical (unpaired) electrons. The number of sulfonamides is 1. The molecule has 0 aromatic heterocycles. The molecule has 0 aliphatic carbocycles. The molecular formula is C18H21ClN2O4S. The normalized spacial score (nSPS) is 12.6. The topological polar surface area (TPSA) is 84.5 Å². The van der Waals surface area contributed by atoms with Crippen molar-refractivity contribution in [1.82, 2.24) is 4.72 Å². The second-order valence-electron chi connectivity index (χ2n) is 5.92. The smallest absolute Gasteiger partial charge is 0.255 e. The van der Waals surface area contributed by atoms with Crippen LogP contribution in [0, 0.1) is 6.92 Å². The summed E-state index contributed by atoms with van der Waals surface area (Å²) in [6.45, 7) is 3.82. The van der Waals surface area contributed by atoms with Crippen LogP contribution < -0.4 is 10.0 Å². The van der Waals surface area contributed by atoms with Crippen LogP contribution in [-0.2, 0) is 14.8 Å². The summed E-state index contributed by atoms with van der Waals surface area (Å²) in [5.41, 5.74) is 1.82. The second kappa shape index (κ2) is 8.64. The molecule has 1 amide bonds. The SMILES string of the molecule is COC[C@H](C)NS(=O)(=O)c1ccc(C(=O)Nc2cc(Cl)ccc2C)cc1. The lowest BCUT2D eigenvalue weighted by Crippen LogP contribution is -2.35. The van der Waals surface area contributed by atoms with Gasteiger partial charge in [-0.25, -0.2) is 13.1 Å². The van der Waals surface area contributed by atoms with Crippen molar-refractivity contribution in [3.8, 4) is 0 Å². The Morgan fingerprint density at radius 3 is 2.46 bits per heavy atom. The van der Waals surface area contributed by atoms with Gasteiger partial charge in [-0.3, -0.25) is 4.79 Å². The van der Waals surface area contributed by atoms with Crippen LogP contribution in [0.2, 0.25) is 5.02 Å². The van der Waals surface area contributed by atoms with Crippen molar-refractivity contribution < 1.29 is 17.9 Å². The van der Waals surface area contributed by atoms with E-state index in [1.165, 1.54) is 31.4 Å². The Kier molecular flexibility index (Phi) is 6.77. The molecule has 0 heterocycles. The Morgan fingerprint density at radius 1 is 1.19 bits per heavy atom. The van der Waals surface area contributed by atoms with E-state index in [0.717, 1.165) is 5.56 Å². The number of methoxy groups -OCH3 is 1. The van der Waals surface area contributed by atoms with Gasteiger partial charge in [-0.2, -0.15) is 0 Å². The van der Waals surface area contributed by atoms with E-state index in [-0.39, 0.29) is 23.5 Å². The van der Waals surface area contributed by atoms with E-state index < -0.39 is 10.0 Å². The van der Waals surface area contributed by atoms with Gasteiger partial charge < -0.3 is 10.1 Å². The molecule has 1 atom stereocenters. The van der Waals surface area contributed by atoms with Crippen molar-refractivity contribution in [3.05, 3.63) is 58.6 Å². The Hall–Kier alpha value is -1.93. The first-order valence-electron chi connectivity index (χ1n) is 7.92. The number of ether oxygens (including phenoxy) is 1. The van der Waals surface area contributed by atoms with Crippen molar-refractivity contribution in [2.24, 2.45) is 0 Å². The van der Waals surface area contributed by atoms with Crippen LogP contribution in [0.1, 0.15) is 22.8 Å². The minimum absolute atomic E-state index is 0.0796. The van der Waals surface area contributed by atoms with Crippen molar-refractivity contribution in [3.63, 3.8) is 0 Å². The van der Waals surface area contributed by atoms with Crippen molar-refractivity contribution in [2.45, 2.75) is 24.8 Å². The highest BCUT2D eigenvalue weighted by atomic mass is 35.5. The predicted octanol–water partition coefficient (Wildman–Crippen LogP) is 3.21. The van der Waals surface area contributed by atoms with Gasteiger partial charge in [0.1, 0.15) is 0 Å².